The zero-order valence-corrected chi connectivity index (χ0v) is 14.4. The molecule has 0 aromatic heterocycles. The van der Waals surface area contributed by atoms with Gasteiger partial charge in [0.15, 0.2) is 0 Å². The maximum Gasteiger partial charge on any atom is 0.124 e. The lowest BCUT2D eigenvalue weighted by atomic mass is 9.94. The number of rotatable bonds is 11. The first-order chi connectivity index (χ1) is 10.6. The summed E-state index contributed by atoms with van der Waals surface area (Å²) in [5, 5.41) is 13.1. The summed E-state index contributed by atoms with van der Waals surface area (Å²) < 4.78 is 0. The second-order valence-electron chi connectivity index (χ2n) is 6.51. The van der Waals surface area contributed by atoms with E-state index in [9.17, 15) is 10.0 Å². The average molecular weight is 305 g/mol. The van der Waals surface area contributed by atoms with E-state index in [2.05, 4.69) is 32.0 Å². The van der Waals surface area contributed by atoms with E-state index in [4.69, 9.17) is 0 Å². The minimum absolute atomic E-state index is 0.0520. The lowest BCUT2D eigenvalue weighted by Gasteiger charge is -2.14. The Bertz CT molecular complexity index is 455. The minimum atomic E-state index is 0.0520. The van der Waals surface area contributed by atoms with Crippen molar-refractivity contribution in [1.29, 1.82) is 0 Å². The summed E-state index contributed by atoms with van der Waals surface area (Å²) in [6, 6.07) is 4.03. The molecule has 124 valence electrons. The van der Waals surface area contributed by atoms with Gasteiger partial charge in [0, 0.05) is 5.56 Å². The maximum atomic E-state index is 10.5. The van der Waals surface area contributed by atoms with Crippen LogP contribution < -0.4 is 0 Å². The molecule has 0 unspecified atom stereocenters. The normalized spacial score (nSPS) is 11.1. The second-order valence-corrected chi connectivity index (χ2v) is 6.51. The van der Waals surface area contributed by atoms with Crippen LogP contribution in [0, 0.1) is 4.91 Å². The van der Waals surface area contributed by atoms with Crippen molar-refractivity contribution in [3.63, 3.8) is 0 Å². The summed E-state index contributed by atoms with van der Waals surface area (Å²) in [7, 11) is 0. The van der Waals surface area contributed by atoms with Crippen LogP contribution in [-0.4, -0.2) is 5.11 Å². The SMILES string of the molecule is CCCCCCCCCc1cc(CN=O)c(O)c(C(C)C)c1. The third-order valence-corrected chi connectivity index (χ3v) is 4.20. The Morgan fingerprint density at radius 2 is 1.68 bits per heavy atom. The van der Waals surface area contributed by atoms with Crippen LogP contribution >= 0.6 is 0 Å². The van der Waals surface area contributed by atoms with Crippen LogP contribution in [-0.2, 0) is 13.0 Å². The molecule has 1 aromatic carbocycles. The van der Waals surface area contributed by atoms with Gasteiger partial charge < -0.3 is 5.11 Å². The molecule has 1 rings (SSSR count). The highest BCUT2D eigenvalue weighted by Gasteiger charge is 2.13. The summed E-state index contributed by atoms with van der Waals surface area (Å²) in [5.74, 6) is 0.498. The lowest BCUT2D eigenvalue weighted by molar-refractivity contribution is 0.457. The number of aromatic hydroxyl groups is 1. The molecule has 0 saturated heterocycles. The van der Waals surface area contributed by atoms with Crippen LogP contribution in [0.4, 0.5) is 0 Å². The minimum Gasteiger partial charge on any atom is -0.507 e. The molecule has 3 heteroatoms. The quantitative estimate of drug-likeness (QED) is 0.398. The summed E-state index contributed by atoms with van der Waals surface area (Å²) in [5.41, 5.74) is 2.81. The Balaban J connectivity index is 2.57. The molecule has 0 saturated carbocycles. The predicted octanol–water partition coefficient (Wildman–Crippen LogP) is 6.08. The van der Waals surface area contributed by atoms with Crippen molar-refractivity contribution in [3.8, 4) is 5.75 Å². The van der Waals surface area contributed by atoms with Gasteiger partial charge in [0.1, 0.15) is 12.3 Å². The van der Waals surface area contributed by atoms with Crippen molar-refractivity contribution in [1.82, 2.24) is 0 Å². The Labute approximate surface area is 135 Å². The summed E-state index contributed by atoms with van der Waals surface area (Å²) in [6.45, 7) is 6.41. The van der Waals surface area contributed by atoms with E-state index >= 15 is 0 Å². The monoisotopic (exact) mass is 305 g/mol. The van der Waals surface area contributed by atoms with Crippen molar-refractivity contribution in [2.75, 3.05) is 0 Å². The molecule has 3 nitrogen and oxygen atoms in total. The highest BCUT2D eigenvalue weighted by Crippen LogP contribution is 2.31. The Morgan fingerprint density at radius 1 is 1.05 bits per heavy atom. The van der Waals surface area contributed by atoms with Crippen LogP contribution in [0.1, 0.15) is 88.3 Å². The van der Waals surface area contributed by atoms with Crippen molar-refractivity contribution in [2.24, 2.45) is 5.18 Å². The van der Waals surface area contributed by atoms with Gasteiger partial charge in [-0.3, -0.25) is 0 Å². The van der Waals surface area contributed by atoms with E-state index in [1.54, 1.807) is 0 Å². The third kappa shape index (κ3) is 6.17. The van der Waals surface area contributed by atoms with Crippen molar-refractivity contribution in [2.45, 2.75) is 84.6 Å². The smallest absolute Gasteiger partial charge is 0.124 e. The molecule has 0 spiro atoms. The zero-order chi connectivity index (χ0) is 16.4. The molecule has 0 aliphatic rings. The first kappa shape index (κ1) is 18.7. The number of benzene rings is 1. The fourth-order valence-corrected chi connectivity index (χ4v) is 2.85. The summed E-state index contributed by atoms with van der Waals surface area (Å²) in [6.07, 6.45) is 10.1. The van der Waals surface area contributed by atoms with Gasteiger partial charge in [0.05, 0.1) is 0 Å². The second kappa shape index (κ2) is 10.4. The van der Waals surface area contributed by atoms with Crippen molar-refractivity contribution < 1.29 is 5.11 Å². The van der Waals surface area contributed by atoms with E-state index in [1.165, 1.54) is 50.5 Å². The standard InChI is InChI=1S/C19H31NO2/c1-4-5-6-7-8-9-10-11-16-12-17(14-20-22)19(21)18(13-16)15(2)3/h12-13,15,21H,4-11,14H2,1-3H3. The fraction of sp³-hybridized carbons (Fsp3) is 0.684. The number of aryl methyl sites for hydroxylation is 1. The van der Waals surface area contributed by atoms with Gasteiger partial charge in [-0.1, -0.05) is 76.6 Å². The summed E-state index contributed by atoms with van der Waals surface area (Å²) >= 11 is 0. The first-order valence-corrected chi connectivity index (χ1v) is 8.73. The molecule has 0 radical (unpaired) electrons. The molecular formula is C19H31NO2. The summed E-state index contributed by atoms with van der Waals surface area (Å²) in [4.78, 5) is 10.5. The van der Waals surface area contributed by atoms with E-state index in [-0.39, 0.29) is 18.2 Å². The zero-order valence-electron chi connectivity index (χ0n) is 14.4. The largest absolute Gasteiger partial charge is 0.507 e. The fourth-order valence-electron chi connectivity index (χ4n) is 2.85. The van der Waals surface area contributed by atoms with Crippen LogP contribution in [0.5, 0.6) is 5.75 Å². The predicted molar refractivity (Wildman–Crippen MR) is 93.4 cm³/mol. The average Bonchev–Trinajstić information content (AvgIpc) is 2.49. The van der Waals surface area contributed by atoms with E-state index < -0.39 is 0 Å². The maximum absolute atomic E-state index is 10.5. The van der Waals surface area contributed by atoms with Gasteiger partial charge in [0.2, 0.25) is 0 Å². The molecule has 0 aliphatic heterocycles. The van der Waals surface area contributed by atoms with E-state index in [0.717, 1.165) is 12.0 Å². The van der Waals surface area contributed by atoms with Gasteiger partial charge in [-0.2, -0.15) is 4.91 Å². The number of hydrogen-bond donors (Lipinski definition) is 1. The molecule has 0 heterocycles. The van der Waals surface area contributed by atoms with Gasteiger partial charge in [-0.15, -0.1) is 0 Å². The molecule has 22 heavy (non-hydrogen) atoms. The Morgan fingerprint density at radius 3 is 2.27 bits per heavy atom. The van der Waals surface area contributed by atoms with E-state index in [1.807, 2.05) is 6.07 Å². The van der Waals surface area contributed by atoms with Gasteiger partial charge in [-0.05, 0) is 29.9 Å². The number of hydrogen-bond acceptors (Lipinski definition) is 3. The van der Waals surface area contributed by atoms with Crippen LogP contribution in [0.2, 0.25) is 0 Å². The number of nitroso groups, excluding NO2 is 1. The van der Waals surface area contributed by atoms with Crippen LogP contribution in [0.15, 0.2) is 17.3 Å². The molecule has 0 bridgehead atoms. The number of phenols is 1. The van der Waals surface area contributed by atoms with Crippen LogP contribution in [0.3, 0.4) is 0 Å². The number of phenolic OH excluding ortho intramolecular Hbond substituents is 1. The molecule has 0 fully saturated rings. The molecule has 1 N–H and O–H groups in total. The van der Waals surface area contributed by atoms with Gasteiger partial charge in [0.25, 0.3) is 0 Å². The number of unbranched alkanes of at least 4 members (excludes halogenated alkanes) is 6. The highest BCUT2D eigenvalue weighted by molar-refractivity contribution is 5.45. The van der Waals surface area contributed by atoms with Crippen LogP contribution in [0.25, 0.3) is 0 Å². The van der Waals surface area contributed by atoms with Crippen molar-refractivity contribution in [3.05, 3.63) is 33.7 Å². The number of nitrogens with zero attached hydrogens (tertiary/aromatic N) is 1. The molecule has 0 amide bonds. The van der Waals surface area contributed by atoms with E-state index in [0.29, 0.717) is 5.56 Å². The van der Waals surface area contributed by atoms with Gasteiger partial charge in [-0.25, -0.2) is 0 Å². The molecule has 0 aliphatic carbocycles. The first-order valence-electron chi connectivity index (χ1n) is 8.73. The third-order valence-electron chi connectivity index (χ3n) is 4.20. The van der Waals surface area contributed by atoms with Crippen molar-refractivity contribution >= 4 is 0 Å². The molecule has 0 atom stereocenters. The molecule has 1 aromatic rings. The highest BCUT2D eigenvalue weighted by atomic mass is 16.3. The van der Waals surface area contributed by atoms with Gasteiger partial charge >= 0.3 is 0 Å². The Hall–Kier alpha value is -1.38. The molecular weight excluding hydrogens is 274 g/mol. The topological polar surface area (TPSA) is 49.7 Å². The lowest BCUT2D eigenvalue weighted by Crippen LogP contribution is -1.97. The Kier molecular flexibility index (Phi) is 8.79.